The average molecular weight is 262 g/mol. The van der Waals surface area contributed by atoms with Gasteiger partial charge in [-0.1, -0.05) is 0 Å². The van der Waals surface area contributed by atoms with Crippen molar-refractivity contribution in [1.82, 2.24) is 0 Å². The van der Waals surface area contributed by atoms with Crippen molar-refractivity contribution >= 4 is 22.0 Å². The number of nitrogens with zero attached hydrogens (tertiary/aromatic N) is 3. The highest BCUT2D eigenvalue weighted by atomic mass is 32.1. The second-order valence-corrected chi connectivity index (χ2v) is 5.78. The number of hydrogen-bond acceptors (Lipinski definition) is 6. The van der Waals surface area contributed by atoms with E-state index in [1.165, 1.54) is 11.3 Å². The van der Waals surface area contributed by atoms with Crippen molar-refractivity contribution in [3.05, 3.63) is 10.4 Å². The molecule has 1 aliphatic rings. The molecule has 0 atom stereocenters. The van der Waals surface area contributed by atoms with E-state index in [1.807, 2.05) is 19.9 Å². The first-order valence-corrected chi connectivity index (χ1v) is 6.41. The quantitative estimate of drug-likeness (QED) is 0.832. The summed E-state index contributed by atoms with van der Waals surface area (Å²) < 4.78 is 5.64. The molecule has 0 radical (unpaired) electrons. The number of nitrogen functional groups attached to an aromatic ring is 1. The Morgan fingerprint density at radius 3 is 2.67 bits per heavy atom. The molecule has 2 heterocycles. The fourth-order valence-corrected chi connectivity index (χ4v) is 3.03. The topological polar surface area (TPSA) is 86.1 Å². The van der Waals surface area contributed by atoms with Crippen LogP contribution in [0.5, 0.6) is 0 Å². The number of nitriles is 2. The van der Waals surface area contributed by atoms with Gasteiger partial charge < -0.3 is 15.4 Å². The standard InChI is InChI=1S/C12H14N4OS/c1-12(2)7-16(3-4-17-12)11-8(5-13)10(15)9(6-14)18-11/h3-4,7,15H2,1-2H3. The van der Waals surface area contributed by atoms with Gasteiger partial charge in [0.05, 0.1) is 17.9 Å². The van der Waals surface area contributed by atoms with Gasteiger partial charge in [-0.2, -0.15) is 10.5 Å². The lowest BCUT2D eigenvalue weighted by atomic mass is 10.1. The SMILES string of the molecule is CC1(C)CN(c2sc(C#N)c(N)c2C#N)CCO1. The van der Waals surface area contributed by atoms with Crippen molar-refractivity contribution in [2.24, 2.45) is 0 Å². The van der Waals surface area contributed by atoms with Crippen LogP contribution in [0.4, 0.5) is 10.7 Å². The summed E-state index contributed by atoms with van der Waals surface area (Å²) in [5.41, 5.74) is 6.26. The lowest BCUT2D eigenvalue weighted by Crippen LogP contribution is -2.48. The van der Waals surface area contributed by atoms with Crippen LogP contribution in [0.1, 0.15) is 24.3 Å². The highest BCUT2D eigenvalue weighted by molar-refractivity contribution is 7.17. The van der Waals surface area contributed by atoms with Crippen molar-refractivity contribution in [3.8, 4) is 12.1 Å². The fourth-order valence-electron chi connectivity index (χ4n) is 2.03. The number of rotatable bonds is 1. The molecule has 0 aromatic carbocycles. The molecule has 0 spiro atoms. The monoisotopic (exact) mass is 262 g/mol. The maximum atomic E-state index is 9.18. The smallest absolute Gasteiger partial charge is 0.131 e. The van der Waals surface area contributed by atoms with Crippen LogP contribution in [0.15, 0.2) is 0 Å². The molecule has 1 fully saturated rings. The fraction of sp³-hybridized carbons (Fsp3) is 0.500. The van der Waals surface area contributed by atoms with Gasteiger partial charge in [-0.3, -0.25) is 0 Å². The number of hydrogen-bond donors (Lipinski definition) is 1. The molecule has 0 saturated carbocycles. The van der Waals surface area contributed by atoms with Gasteiger partial charge in [0, 0.05) is 13.1 Å². The zero-order valence-electron chi connectivity index (χ0n) is 10.4. The number of thiophene rings is 1. The molecule has 0 bridgehead atoms. The van der Waals surface area contributed by atoms with Gasteiger partial charge in [0.25, 0.3) is 0 Å². The minimum Gasteiger partial charge on any atom is -0.396 e. The van der Waals surface area contributed by atoms with Crippen LogP contribution in [0.25, 0.3) is 0 Å². The van der Waals surface area contributed by atoms with Crippen molar-refractivity contribution in [1.29, 1.82) is 10.5 Å². The van der Waals surface area contributed by atoms with E-state index in [2.05, 4.69) is 11.0 Å². The Hall–Kier alpha value is -1.76. The lowest BCUT2D eigenvalue weighted by molar-refractivity contribution is -0.0275. The van der Waals surface area contributed by atoms with E-state index in [0.29, 0.717) is 35.8 Å². The predicted octanol–water partition coefficient (Wildman–Crippen LogP) is 1.69. The summed E-state index contributed by atoms with van der Waals surface area (Å²) in [7, 11) is 0. The van der Waals surface area contributed by atoms with Gasteiger partial charge in [-0.15, -0.1) is 11.3 Å². The summed E-state index contributed by atoms with van der Waals surface area (Å²) in [5, 5.41) is 18.9. The van der Waals surface area contributed by atoms with Gasteiger partial charge in [0.15, 0.2) is 0 Å². The van der Waals surface area contributed by atoms with Crippen molar-refractivity contribution in [3.63, 3.8) is 0 Å². The molecule has 5 nitrogen and oxygen atoms in total. The second-order valence-electron chi connectivity index (χ2n) is 4.78. The molecule has 1 saturated heterocycles. The van der Waals surface area contributed by atoms with E-state index in [-0.39, 0.29) is 5.60 Å². The summed E-state index contributed by atoms with van der Waals surface area (Å²) in [6.45, 7) is 6.02. The number of ether oxygens (including phenoxy) is 1. The van der Waals surface area contributed by atoms with Crippen LogP contribution < -0.4 is 10.6 Å². The average Bonchev–Trinajstić information content (AvgIpc) is 2.64. The van der Waals surface area contributed by atoms with Crippen molar-refractivity contribution in [2.45, 2.75) is 19.4 Å². The van der Waals surface area contributed by atoms with E-state index >= 15 is 0 Å². The molecule has 1 aromatic heterocycles. The molecule has 2 rings (SSSR count). The van der Waals surface area contributed by atoms with Crippen LogP contribution in [-0.4, -0.2) is 25.3 Å². The second kappa shape index (κ2) is 4.49. The minimum atomic E-state index is -0.253. The zero-order valence-corrected chi connectivity index (χ0v) is 11.2. The Bertz CT molecular complexity index is 550. The van der Waals surface area contributed by atoms with Crippen LogP contribution >= 0.6 is 11.3 Å². The summed E-state index contributed by atoms with van der Waals surface area (Å²) in [4.78, 5) is 2.48. The highest BCUT2D eigenvalue weighted by Gasteiger charge is 2.30. The summed E-state index contributed by atoms with van der Waals surface area (Å²) >= 11 is 1.28. The third kappa shape index (κ3) is 2.13. The summed E-state index contributed by atoms with van der Waals surface area (Å²) in [6.07, 6.45) is 0. The number of nitrogens with two attached hydrogens (primary N) is 1. The maximum absolute atomic E-state index is 9.18. The molecular formula is C12H14N4OS. The Labute approximate surface area is 110 Å². The Morgan fingerprint density at radius 2 is 2.11 bits per heavy atom. The van der Waals surface area contributed by atoms with E-state index in [9.17, 15) is 5.26 Å². The Balaban J connectivity index is 2.40. The Kier molecular flexibility index (Phi) is 3.16. The van der Waals surface area contributed by atoms with Crippen LogP contribution in [-0.2, 0) is 4.74 Å². The molecule has 94 valence electrons. The summed E-state index contributed by atoms with van der Waals surface area (Å²) in [6, 6.07) is 4.13. The molecule has 18 heavy (non-hydrogen) atoms. The third-order valence-corrected chi connectivity index (χ3v) is 4.02. The highest BCUT2D eigenvalue weighted by Crippen LogP contribution is 2.38. The number of anilines is 2. The molecular weight excluding hydrogens is 248 g/mol. The van der Waals surface area contributed by atoms with Crippen LogP contribution in [0.3, 0.4) is 0 Å². The van der Waals surface area contributed by atoms with Crippen molar-refractivity contribution < 1.29 is 4.74 Å². The molecule has 0 amide bonds. The van der Waals surface area contributed by atoms with Gasteiger partial charge in [-0.25, -0.2) is 0 Å². The first kappa shape index (κ1) is 12.7. The van der Waals surface area contributed by atoms with Crippen LogP contribution in [0.2, 0.25) is 0 Å². The lowest BCUT2D eigenvalue weighted by Gasteiger charge is -2.38. The summed E-state index contributed by atoms with van der Waals surface area (Å²) in [5.74, 6) is 0. The first-order valence-electron chi connectivity index (χ1n) is 5.60. The largest absolute Gasteiger partial charge is 0.396 e. The van der Waals surface area contributed by atoms with E-state index in [4.69, 9.17) is 15.7 Å². The molecule has 2 N–H and O–H groups in total. The predicted molar refractivity (Wildman–Crippen MR) is 70.4 cm³/mol. The zero-order chi connectivity index (χ0) is 13.3. The van der Waals surface area contributed by atoms with Crippen molar-refractivity contribution in [2.75, 3.05) is 30.3 Å². The maximum Gasteiger partial charge on any atom is 0.131 e. The number of morpholine rings is 1. The molecule has 1 aromatic rings. The molecule has 1 aliphatic heterocycles. The molecule has 6 heteroatoms. The normalized spacial score (nSPS) is 18.1. The van der Waals surface area contributed by atoms with E-state index in [1.54, 1.807) is 0 Å². The van der Waals surface area contributed by atoms with Crippen LogP contribution in [0, 0.1) is 22.7 Å². The van der Waals surface area contributed by atoms with Gasteiger partial charge in [-0.05, 0) is 13.8 Å². The van der Waals surface area contributed by atoms with Gasteiger partial charge in [0.1, 0.15) is 27.6 Å². The Morgan fingerprint density at radius 1 is 1.39 bits per heavy atom. The van der Waals surface area contributed by atoms with Gasteiger partial charge >= 0.3 is 0 Å². The third-order valence-electron chi connectivity index (χ3n) is 2.85. The molecule has 0 unspecified atom stereocenters. The molecule has 0 aliphatic carbocycles. The minimum absolute atomic E-state index is 0.253. The van der Waals surface area contributed by atoms with E-state index in [0.717, 1.165) is 5.00 Å². The first-order chi connectivity index (χ1) is 8.48. The van der Waals surface area contributed by atoms with E-state index < -0.39 is 0 Å². The van der Waals surface area contributed by atoms with Gasteiger partial charge in [0.2, 0.25) is 0 Å².